The summed E-state index contributed by atoms with van der Waals surface area (Å²) in [5.41, 5.74) is 5.39. The van der Waals surface area contributed by atoms with Gasteiger partial charge in [-0.15, -0.1) is 0 Å². The van der Waals surface area contributed by atoms with Gasteiger partial charge < -0.3 is 24.8 Å². The molecule has 2 N–H and O–H groups in total. The van der Waals surface area contributed by atoms with E-state index in [4.69, 9.17) is 19.9 Å². The van der Waals surface area contributed by atoms with E-state index in [9.17, 15) is 4.79 Å². The average molecular weight is 308 g/mol. The van der Waals surface area contributed by atoms with Gasteiger partial charge in [0, 0.05) is 20.3 Å². The fourth-order valence-electron chi connectivity index (χ4n) is 2.40. The summed E-state index contributed by atoms with van der Waals surface area (Å²) in [7, 11) is 3.37. The Bertz CT molecular complexity index is 483. The first-order chi connectivity index (χ1) is 10.5. The first-order valence-electron chi connectivity index (χ1n) is 7.44. The molecular weight excluding hydrogens is 284 g/mol. The van der Waals surface area contributed by atoms with Crippen molar-refractivity contribution in [3.8, 4) is 11.5 Å². The molecule has 1 heterocycles. The molecule has 2 rings (SSSR count). The van der Waals surface area contributed by atoms with Crippen LogP contribution in [0.25, 0.3) is 0 Å². The molecule has 0 aromatic heterocycles. The standard InChI is InChI=1S/C16H24N2O4/c1-18(15(19)16(17)7-10-21-11-8-16)9-12-22-14-5-3-13(20-2)4-6-14/h3-6H,7-12,17H2,1-2H3. The van der Waals surface area contributed by atoms with Crippen molar-refractivity contribution >= 4 is 5.91 Å². The van der Waals surface area contributed by atoms with Crippen LogP contribution >= 0.6 is 0 Å². The van der Waals surface area contributed by atoms with E-state index in [2.05, 4.69) is 0 Å². The minimum absolute atomic E-state index is 0.0471. The van der Waals surface area contributed by atoms with Crippen LogP contribution in [0, 0.1) is 0 Å². The van der Waals surface area contributed by atoms with Gasteiger partial charge in [-0.1, -0.05) is 0 Å². The first kappa shape index (κ1) is 16.6. The number of likely N-dealkylation sites (N-methyl/N-ethyl adjacent to an activating group) is 1. The Morgan fingerprint density at radius 1 is 1.27 bits per heavy atom. The Balaban J connectivity index is 1.79. The molecule has 6 heteroatoms. The van der Waals surface area contributed by atoms with Crippen LogP contribution in [0.3, 0.4) is 0 Å². The lowest BCUT2D eigenvalue weighted by atomic mass is 9.90. The monoisotopic (exact) mass is 308 g/mol. The molecule has 0 unspecified atom stereocenters. The summed E-state index contributed by atoms with van der Waals surface area (Å²) < 4.78 is 16.0. The van der Waals surface area contributed by atoms with Gasteiger partial charge in [0.25, 0.3) is 0 Å². The van der Waals surface area contributed by atoms with E-state index in [1.54, 1.807) is 19.1 Å². The average Bonchev–Trinajstić information content (AvgIpc) is 2.55. The summed E-state index contributed by atoms with van der Waals surface area (Å²) in [6, 6.07) is 7.34. The number of benzene rings is 1. The number of carbonyl (C=O) groups is 1. The van der Waals surface area contributed by atoms with E-state index >= 15 is 0 Å². The highest BCUT2D eigenvalue weighted by Crippen LogP contribution is 2.20. The van der Waals surface area contributed by atoms with Crippen molar-refractivity contribution in [3.63, 3.8) is 0 Å². The molecule has 1 amide bonds. The molecule has 122 valence electrons. The molecule has 1 fully saturated rings. The fourth-order valence-corrected chi connectivity index (χ4v) is 2.40. The quantitative estimate of drug-likeness (QED) is 0.850. The second-order valence-corrected chi connectivity index (χ2v) is 5.52. The fraction of sp³-hybridized carbons (Fsp3) is 0.562. The van der Waals surface area contributed by atoms with Crippen molar-refractivity contribution in [1.82, 2.24) is 4.90 Å². The third kappa shape index (κ3) is 4.11. The molecule has 22 heavy (non-hydrogen) atoms. The van der Waals surface area contributed by atoms with Gasteiger partial charge in [0.2, 0.25) is 5.91 Å². The zero-order valence-electron chi connectivity index (χ0n) is 13.2. The van der Waals surface area contributed by atoms with Crippen LogP contribution in [-0.4, -0.2) is 56.9 Å². The predicted octanol–water partition coefficient (Wildman–Crippen LogP) is 1.04. The van der Waals surface area contributed by atoms with E-state index in [0.29, 0.717) is 39.2 Å². The van der Waals surface area contributed by atoms with Crippen molar-refractivity contribution < 1.29 is 19.0 Å². The number of nitrogens with two attached hydrogens (primary N) is 1. The molecule has 1 aliphatic rings. The molecule has 1 aromatic carbocycles. The number of hydrogen-bond donors (Lipinski definition) is 1. The van der Waals surface area contributed by atoms with Gasteiger partial charge >= 0.3 is 0 Å². The van der Waals surface area contributed by atoms with Gasteiger partial charge in [-0.05, 0) is 37.1 Å². The van der Waals surface area contributed by atoms with Crippen molar-refractivity contribution in [2.75, 3.05) is 40.5 Å². The van der Waals surface area contributed by atoms with Crippen LogP contribution in [0.15, 0.2) is 24.3 Å². The molecule has 6 nitrogen and oxygen atoms in total. The molecule has 0 bridgehead atoms. The number of rotatable bonds is 6. The second kappa shape index (κ2) is 7.47. The zero-order chi connectivity index (χ0) is 16.0. The Labute approximate surface area is 131 Å². The second-order valence-electron chi connectivity index (χ2n) is 5.52. The van der Waals surface area contributed by atoms with Gasteiger partial charge in [0.05, 0.1) is 19.2 Å². The van der Waals surface area contributed by atoms with Crippen LogP contribution in [0.2, 0.25) is 0 Å². The van der Waals surface area contributed by atoms with E-state index in [0.717, 1.165) is 11.5 Å². The molecule has 0 radical (unpaired) electrons. The Hall–Kier alpha value is -1.79. The van der Waals surface area contributed by atoms with Gasteiger partial charge in [-0.3, -0.25) is 4.79 Å². The minimum atomic E-state index is -0.798. The van der Waals surface area contributed by atoms with Crippen molar-refractivity contribution in [2.24, 2.45) is 5.73 Å². The van der Waals surface area contributed by atoms with Crippen LogP contribution in [0.1, 0.15) is 12.8 Å². The SMILES string of the molecule is COc1ccc(OCCN(C)C(=O)C2(N)CCOCC2)cc1. The highest BCUT2D eigenvalue weighted by molar-refractivity contribution is 5.86. The number of amides is 1. The number of nitrogens with zero attached hydrogens (tertiary/aromatic N) is 1. The number of hydrogen-bond acceptors (Lipinski definition) is 5. The van der Waals surface area contributed by atoms with Gasteiger partial charge in [0.1, 0.15) is 18.1 Å². The van der Waals surface area contributed by atoms with Crippen molar-refractivity contribution in [1.29, 1.82) is 0 Å². The van der Waals surface area contributed by atoms with E-state index < -0.39 is 5.54 Å². The summed E-state index contributed by atoms with van der Waals surface area (Å²) in [6.45, 7) is 1.99. The summed E-state index contributed by atoms with van der Waals surface area (Å²) in [5.74, 6) is 1.48. The van der Waals surface area contributed by atoms with Gasteiger partial charge in [0.15, 0.2) is 0 Å². The molecule has 1 saturated heterocycles. The largest absolute Gasteiger partial charge is 0.497 e. The smallest absolute Gasteiger partial charge is 0.242 e. The van der Waals surface area contributed by atoms with Crippen LogP contribution in [0.4, 0.5) is 0 Å². The van der Waals surface area contributed by atoms with Crippen molar-refractivity contribution in [2.45, 2.75) is 18.4 Å². The Kier molecular flexibility index (Phi) is 5.63. The van der Waals surface area contributed by atoms with Crippen LogP contribution in [-0.2, 0) is 9.53 Å². The highest BCUT2D eigenvalue weighted by Gasteiger charge is 2.37. The predicted molar refractivity (Wildman–Crippen MR) is 83.1 cm³/mol. The van der Waals surface area contributed by atoms with Crippen LogP contribution in [0.5, 0.6) is 11.5 Å². The van der Waals surface area contributed by atoms with E-state index in [1.165, 1.54) is 0 Å². The van der Waals surface area contributed by atoms with Crippen LogP contribution < -0.4 is 15.2 Å². The van der Waals surface area contributed by atoms with Crippen molar-refractivity contribution in [3.05, 3.63) is 24.3 Å². The molecule has 0 atom stereocenters. The number of carbonyl (C=O) groups excluding carboxylic acids is 1. The lowest BCUT2D eigenvalue weighted by Gasteiger charge is -2.35. The Morgan fingerprint density at radius 2 is 1.86 bits per heavy atom. The molecule has 1 aromatic rings. The van der Waals surface area contributed by atoms with Gasteiger partial charge in [-0.25, -0.2) is 0 Å². The maximum absolute atomic E-state index is 12.4. The lowest BCUT2D eigenvalue weighted by Crippen LogP contribution is -2.57. The minimum Gasteiger partial charge on any atom is -0.497 e. The van der Waals surface area contributed by atoms with E-state index in [-0.39, 0.29) is 5.91 Å². The maximum Gasteiger partial charge on any atom is 0.242 e. The topological polar surface area (TPSA) is 74.0 Å². The number of methoxy groups -OCH3 is 1. The zero-order valence-corrected chi connectivity index (χ0v) is 13.2. The Morgan fingerprint density at radius 3 is 2.45 bits per heavy atom. The summed E-state index contributed by atoms with van der Waals surface area (Å²) >= 11 is 0. The van der Waals surface area contributed by atoms with Gasteiger partial charge in [-0.2, -0.15) is 0 Å². The third-order valence-corrected chi connectivity index (χ3v) is 3.91. The highest BCUT2D eigenvalue weighted by atomic mass is 16.5. The summed E-state index contributed by atoms with van der Waals surface area (Å²) in [4.78, 5) is 14.1. The number of ether oxygens (including phenoxy) is 3. The maximum atomic E-state index is 12.4. The van der Waals surface area contributed by atoms with E-state index in [1.807, 2.05) is 24.3 Å². The lowest BCUT2D eigenvalue weighted by molar-refractivity contribution is -0.139. The molecule has 0 spiro atoms. The first-order valence-corrected chi connectivity index (χ1v) is 7.44. The summed E-state index contributed by atoms with van der Waals surface area (Å²) in [6.07, 6.45) is 1.13. The molecule has 0 saturated carbocycles. The molecule has 0 aliphatic carbocycles. The normalized spacial score (nSPS) is 16.9. The summed E-state index contributed by atoms with van der Waals surface area (Å²) in [5, 5.41) is 0. The third-order valence-electron chi connectivity index (χ3n) is 3.91. The molecule has 1 aliphatic heterocycles. The molecular formula is C16H24N2O4.